The topological polar surface area (TPSA) is 149 Å². The van der Waals surface area contributed by atoms with Crippen LogP contribution < -0.4 is 21.4 Å². The number of epoxide rings is 1. The maximum atomic E-state index is 12.7. The molecule has 0 aromatic carbocycles. The molecule has 10 nitrogen and oxygen atoms in total. The normalized spacial score (nSPS) is 20.6. The van der Waals surface area contributed by atoms with Gasteiger partial charge in [-0.2, -0.15) is 0 Å². The quantitative estimate of drug-likeness (QED) is 0.186. The van der Waals surface area contributed by atoms with Crippen LogP contribution in [0.3, 0.4) is 0 Å². The molecule has 5 N–H and O–H groups in total. The van der Waals surface area contributed by atoms with Crippen molar-refractivity contribution in [2.45, 2.75) is 64.8 Å². The molecule has 0 radical (unpaired) electrons. The lowest BCUT2D eigenvalue weighted by atomic mass is 10.00. The van der Waals surface area contributed by atoms with E-state index in [0.29, 0.717) is 12.8 Å². The van der Waals surface area contributed by atoms with E-state index < -0.39 is 42.0 Å². The Labute approximate surface area is 158 Å². The Balaban J connectivity index is 2.77. The lowest BCUT2D eigenvalue weighted by molar-refractivity contribution is -0.133. The number of rotatable bonds is 10. The number of ether oxygens (including phenoxy) is 1. The van der Waals surface area contributed by atoms with Crippen molar-refractivity contribution in [1.82, 2.24) is 21.4 Å². The molecule has 1 rings (SSSR count). The molecule has 0 aromatic heterocycles. The molecule has 1 aliphatic heterocycles. The number of amides is 4. The second-order valence-electron chi connectivity index (χ2n) is 7.45. The first-order valence-electron chi connectivity index (χ1n) is 9.02. The fraction of sp³-hybridized carbons (Fsp3) is 0.765. The van der Waals surface area contributed by atoms with Gasteiger partial charge in [0.2, 0.25) is 11.8 Å². The molecule has 1 saturated heterocycles. The minimum atomic E-state index is -1.07. The van der Waals surface area contributed by atoms with E-state index in [1.165, 1.54) is 12.5 Å². The molecule has 4 atom stereocenters. The summed E-state index contributed by atoms with van der Waals surface area (Å²) in [4.78, 5) is 48.2. The van der Waals surface area contributed by atoms with Gasteiger partial charge in [-0.05, 0) is 24.7 Å². The van der Waals surface area contributed by atoms with Crippen LogP contribution in [0.25, 0.3) is 0 Å². The van der Waals surface area contributed by atoms with Crippen molar-refractivity contribution < 1.29 is 29.1 Å². The zero-order chi connectivity index (χ0) is 20.7. The van der Waals surface area contributed by atoms with E-state index in [-0.39, 0.29) is 17.7 Å². The third kappa shape index (κ3) is 7.14. The average molecular weight is 386 g/mol. The predicted molar refractivity (Wildman–Crippen MR) is 95.4 cm³/mol. The van der Waals surface area contributed by atoms with E-state index in [1.807, 2.05) is 27.7 Å². The molecule has 1 aliphatic rings. The van der Waals surface area contributed by atoms with Gasteiger partial charge in [-0.15, -0.1) is 0 Å². The minimum absolute atomic E-state index is 0.0984. The lowest BCUT2D eigenvalue weighted by Crippen LogP contribution is -2.54. The SMILES string of the molecule is CNC(=O)[C@H](CC(C)C)NC(=O)[C@H](CC(C)C)NC(=O)C1OC1C(=O)NO. The summed E-state index contributed by atoms with van der Waals surface area (Å²) in [5.41, 5.74) is 1.42. The number of hydroxylamine groups is 1. The summed E-state index contributed by atoms with van der Waals surface area (Å²) in [7, 11) is 1.49. The first-order valence-corrected chi connectivity index (χ1v) is 9.02. The molecule has 0 saturated carbocycles. The van der Waals surface area contributed by atoms with Crippen molar-refractivity contribution >= 4 is 23.6 Å². The third-order valence-corrected chi connectivity index (χ3v) is 4.05. The van der Waals surface area contributed by atoms with Crippen molar-refractivity contribution in [1.29, 1.82) is 0 Å². The Bertz CT molecular complexity index is 566. The Morgan fingerprint density at radius 3 is 1.78 bits per heavy atom. The standard InChI is InChI=1S/C17H30N4O6/c1-8(2)6-10(14(22)18-5)19-15(23)11(7-9(3)4)20-16(24)12-13(27-12)17(25)21-26/h8-13,26H,6-7H2,1-5H3,(H,18,22)(H,19,23)(H,20,24)(H,21,25)/t10-,11-,12?,13?/m0/s1. The summed E-state index contributed by atoms with van der Waals surface area (Å²) in [6.07, 6.45) is -1.32. The molecule has 0 aliphatic carbocycles. The van der Waals surface area contributed by atoms with Gasteiger partial charge in [0.1, 0.15) is 12.1 Å². The summed E-state index contributed by atoms with van der Waals surface area (Å²) in [6.45, 7) is 7.66. The summed E-state index contributed by atoms with van der Waals surface area (Å²) in [6, 6.07) is -1.59. The number of hydrogen-bond donors (Lipinski definition) is 5. The van der Waals surface area contributed by atoms with Gasteiger partial charge in [0.05, 0.1) is 0 Å². The molecule has 1 fully saturated rings. The highest BCUT2D eigenvalue weighted by atomic mass is 16.6. The van der Waals surface area contributed by atoms with Crippen LogP contribution in [0.5, 0.6) is 0 Å². The highest BCUT2D eigenvalue weighted by Gasteiger charge is 2.51. The lowest BCUT2D eigenvalue weighted by Gasteiger charge is -2.24. The van der Waals surface area contributed by atoms with E-state index in [1.54, 1.807) is 0 Å². The molecule has 2 unspecified atom stereocenters. The Morgan fingerprint density at radius 2 is 1.33 bits per heavy atom. The second-order valence-corrected chi connectivity index (χ2v) is 7.45. The number of carbonyl (C=O) groups excluding carboxylic acids is 4. The Kier molecular flexibility index (Phi) is 8.64. The van der Waals surface area contributed by atoms with E-state index in [2.05, 4.69) is 16.0 Å². The highest BCUT2D eigenvalue weighted by molar-refractivity contribution is 5.97. The van der Waals surface area contributed by atoms with Crippen LogP contribution in [0.15, 0.2) is 0 Å². The molecule has 0 bridgehead atoms. The number of likely N-dealkylation sites (N-methyl/N-ethyl adjacent to an activating group) is 1. The van der Waals surface area contributed by atoms with E-state index in [0.717, 1.165) is 0 Å². The first kappa shape index (κ1) is 22.8. The number of carbonyl (C=O) groups is 4. The van der Waals surface area contributed by atoms with Gasteiger partial charge in [0.15, 0.2) is 12.2 Å². The zero-order valence-electron chi connectivity index (χ0n) is 16.4. The van der Waals surface area contributed by atoms with E-state index >= 15 is 0 Å². The first-order chi connectivity index (χ1) is 12.6. The molecule has 0 aromatic rings. The smallest absolute Gasteiger partial charge is 0.275 e. The molecule has 4 amide bonds. The average Bonchev–Trinajstić information content (AvgIpc) is 3.39. The van der Waals surface area contributed by atoms with Crippen LogP contribution >= 0.6 is 0 Å². The van der Waals surface area contributed by atoms with Crippen LogP contribution in [-0.2, 0) is 23.9 Å². The van der Waals surface area contributed by atoms with E-state index in [4.69, 9.17) is 9.94 Å². The van der Waals surface area contributed by atoms with Crippen LogP contribution in [0.2, 0.25) is 0 Å². The van der Waals surface area contributed by atoms with Gasteiger partial charge in [0, 0.05) is 7.05 Å². The van der Waals surface area contributed by atoms with Crippen molar-refractivity contribution in [2.24, 2.45) is 11.8 Å². The van der Waals surface area contributed by atoms with Gasteiger partial charge >= 0.3 is 0 Å². The van der Waals surface area contributed by atoms with Gasteiger partial charge in [-0.1, -0.05) is 27.7 Å². The van der Waals surface area contributed by atoms with E-state index in [9.17, 15) is 19.2 Å². The van der Waals surface area contributed by atoms with Crippen LogP contribution in [0.1, 0.15) is 40.5 Å². The van der Waals surface area contributed by atoms with Crippen molar-refractivity contribution in [2.75, 3.05) is 7.05 Å². The molecule has 154 valence electrons. The fourth-order valence-electron chi connectivity index (χ4n) is 2.68. The van der Waals surface area contributed by atoms with Crippen LogP contribution in [0.4, 0.5) is 0 Å². The molecular weight excluding hydrogens is 356 g/mol. The number of nitrogens with one attached hydrogen (secondary N) is 4. The third-order valence-electron chi connectivity index (χ3n) is 4.05. The van der Waals surface area contributed by atoms with Gasteiger partial charge in [0.25, 0.3) is 11.8 Å². The number of hydrogen-bond acceptors (Lipinski definition) is 6. The largest absolute Gasteiger partial charge is 0.357 e. The molecule has 1 heterocycles. The molecule has 27 heavy (non-hydrogen) atoms. The maximum Gasteiger partial charge on any atom is 0.275 e. The van der Waals surface area contributed by atoms with Crippen molar-refractivity contribution in [3.05, 3.63) is 0 Å². The Hall–Kier alpha value is -2.20. The summed E-state index contributed by atoms with van der Waals surface area (Å²) < 4.78 is 4.93. The molecule has 0 spiro atoms. The summed E-state index contributed by atoms with van der Waals surface area (Å²) in [5.74, 6) is -1.95. The Morgan fingerprint density at radius 1 is 0.852 bits per heavy atom. The highest BCUT2D eigenvalue weighted by Crippen LogP contribution is 2.22. The molecule has 10 heteroatoms. The minimum Gasteiger partial charge on any atom is -0.357 e. The predicted octanol–water partition coefficient (Wildman–Crippen LogP) is -0.933. The maximum absolute atomic E-state index is 12.7. The summed E-state index contributed by atoms with van der Waals surface area (Å²) in [5, 5.41) is 16.3. The monoisotopic (exact) mass is 386 g/mol. The van der Waals surface area contributed by atoms with Gasteiger partial charge in [-0.3, -0.25) is 24.4 Å². The van der Waals surface area contributed by atoms with Crippen molar-refractivity contribution in [3.8, 4) is 0 Å². The van der Waals surface area contributed by atoms with Crippen molar-refractivity contribution in [3.63, 3.8) is 0 Å². The fourth-order valence-corrected chi connectivity index (χ4v) is 2.68. The van der Waals surface area contributed by atoms with Crippen LogP contribution in [-0.4, -0.2) is 60.2 Å². The van der Waals surface area contributed by atoms with Crippen LogP contribution in [0, 0.1) is 11.8 Å². The van der Waals surface area contributed by atoms with Gasteiger partial charge in [-0.25, -0.2) is 5.48 Å². The van der Waals surface area contributed by atoms with Gasteiger partial charge < -0.3 is 20.7 Å². The second kappa shape index (κ2) is 10.2. The summed E-state index contributed by atoms with van der Waals surface area (Å²) >= 11 is 0. The zero-order valence-corrected chi connectivity index (χ0v) is 16.4. The molecular formula is C17H30N4O6.